The van der Waals surface area contributed by atoms with Crippen LogP contribution in [0.25, 0.3) is 0 Å². The lowest BCUT2D eigenvalue weighted by molar-refractivity contribution is -0.0144. The highest BCUT2D eigenvalue weighted by Gasteiger charge is 2.38. The fourth-order valence-electron chi connectivity index (χ4n) is 2.10. The molecular weight excluding hydrogens is 200 g/mol. The number of nitriles is 1. The van der Waals surface area contributed by atoms with Gasteiger partial charge in [0, 0.05) is 11.6 Å². The van der Waals surface area contributed by atoms with Crippen molar-refractivity contribution in [2.75, 3.05) is 0 Å². The molecule has 2 atom stereocenters. The molecule has 2 unspecified atom stereocenters. The normalized spacial score (nSPS) is 27.5. The van der Waals surface area contributed by atoms with E-state index in [1.165, 1.54) is 6.42 Å². The molecule has 0 radical (unpaired) electrons. The summed E-state index contributed by atoms with van der Waals surface area (Å²) in [5, 5.41) is 22.7. The molecule has 0 aromatic heterocycles. The van der Waals surface area contributed by atoms with E-state index < -0.39 is 5.60 Å². The van der Waals surface area contributed by atoms with Crippen molar-refractivity contribution in [1.82, 2.24) is 5.32 Å². The van der Waals surface area contributed by atoms with Gasteiger partial charge in [-0.15, -0.1) is 0 Å². The maximum Gasteiger partial charge on any atom is 0.0767 e. The molecule has 0 aliphatic heterocycles. The zero-order valence-corrected chi connectivity index (χ0v) is 10.9. The molecular formula is C13H24N2O. The number of nitrogens with one attached hydrogen (secondary N) is 1. The van der Waals surface area contributed by atoms with E-state index in [-0.39, 0.29) is 17.5 Å². The van der Waals surface area contributed by atoms with Gasteiger partial charge in [-0.3, -0.25) is 0 Å². The lowest BCUT2D eigenvalue weighted by Crippen LogP contribution is -2.60. The predicted molar refractivity (Wildman–Crippen MR) is 64.9 cm³/mol. The van der Waals surface area contributed by atoms with Crippen molar-refractivity contribution >= 4 is 0 Å². The molecule has 1 fully saturated rings. The molecule has 0 heterocycles. The summed E-state index contributed by atoms with van der Waals surface area (Å²) in [7, 11) is 0. The monoisotopic (exact) mass is 224 g/mol. The van der Waals surface area contributed by atoms with E-state index in [1.54, 1.807) is 0 Å². The summed E-state index contributed by atoms with van der Waals surface area (Å²) < 4.78 is 0. The number of rotatable bonds is 3. The molecule has 2 N–H and O–H groups in total. The van der Waals surface area contributed by atoms with E-state index in [1.807, 2.05) is 27.7 Å². The van der Waals surface area contributed by atoms with E-state index in [0.717, 1.165) is 19.3 Å². The van der Waals surface area contributed by atoms with E-state index in [4.69, 9.17) is 5.26 Å². The van der Waals surface area contributed by atoms with Crippen LogP contribution < -0.4 is 5.32 Å². The number of hydrogen-bond donors (Lipinski definition) is 2. The van der Waals surface area contributed by atoms with Gasteiger partial charge in [-0.25, -0.2) is 0 Å². The minimum absolute atomic E-state index is 0.0929. The molecule has 0 amide bonds. The Kier molecular flexibility index (Phi) is 3.98. The lowest BCUT2D eigenvalue weighted by atomic mass is 9.80. The van der Waals surface area contributed by atoms with Crippen LogP contribution in [0.15, 0.2) is 0 Å². The van der Waals surface area contributed by atoms with Gasteiger partial charge in [0.05, 0.1) is 17.6 Å². The van der Waals surface area contributed by atoms with Crippen LogP contribution in [0, 0.1) is 17.2 Å². The molecule has 1 saturated carbocycles. The highest BCUT2D eigenvalue weighted by atomic mass is 16.3. The van der Waals surface area contributed by atoms with Crippen LogP contribution in [0.4, 0.5) is 0 Å². The minimum atomic E-state index is -0.787. The van der Waals surface area contributed by atoms with Gasteiger partial charge in [0.25, 0.3) is 0 Å². The number of hydrogen-bond acceptors (Lipinski definition) is 3. The smallest absolute Gasteiger partial charge is 0.0767 e. The molecule has 0 aromatic carbocycles. The Labute approximate surface area is 98.8 Å². The van der Waals surface area contributed by atoms with Crippen molar-refractivity contribution < 1.29 is 5.11 Å². The summed E-state index contributed by atoms with van der Waals surface area (Å²) in [5.74, 6) is 0.0929. The van der Waals surface area contributed by atoms with Gasteiger partial charge in [0.2, 0.25) is 0 Å². The van der Waals surface area contributed by atoms with Crippen molar-refractivity contribution in [1.29, 1.82) is 5.26 Å². The summed E-state index contributed by atoms with van der Waals surface area (Å²) in [6.07, 6.45) is 4.35. The first-order valence-corrected chi connectivity index (χ1v) is 6.17. The largest absolute Gasteiger partial charge is 0.389 e. The van der Waals surface area contributed by atoms with Crippen LogP contribution in [-0.2, 0) is 0 Å². The standard InChI is InChI=1S/C13H24N2O/c1-12(2,13(3,4)16)15-11-8-6-5-7-10(11)9-14/h10-11,15-16H,5-8H2,1-4H3. The van der Waals surface area contributed by atoms with Crippen LogP contribution in [0.5, 0.6) is 0 Å². The quantitative estimate of drug-likeness (QED) is 0.772. The summed E-state index contributed by atoms with van der Waals surface area (Å²) in [6.45, 7) is 7.61. The Hall–Kier alpha value is -0.590. The van der Waals surface area contributed by atoms with Crippen LogP contribution in [0.3, 0.4) is 0 Å². The average molecular weight is 224 g/mol. The minimum Gasteiger partial charge on any atom is -0.389 e. The molecule has 92 valence electrons. The highest BCUT2D eigenvalue weighted by molar-refractivity contribution is 5.01. The third-order valence-electron chi connectivity index (χ3n) is 4.01. The summed E-state index contributed by atoms with van der Waals surface area (Å²) in [6, 6.07) is 2.61. The molecule has 1 aliphatic rings. The van der Waals surface area contributed by atoms with E-state index >= 15 is 0 Å². The second-order valence-electron chi connectivity index (χ2n) is 5.95. The molecule has 0 saturated heterocycles. The SMILES string of the molecule is CC(C)(O)C(C)(C)NC1CCCCC1C#N. The van der Waals surface area contributed by atoms with Gasteiger partial charge >= 0.3 is 0 Å². The zero-order chi connectivity index (χ0) is 12.4. The first-order valence-electron chi connectivity index (χ1n) is 6.17. The Bertz CT molecular complexity index is 273. The molecule has 1 aliphatic carbocycles. The Morgan fingerprint density at radius 3 is 2.25 bits per heavy atom. The summed E-state index contributed by atoms with van der Waals surface area (Å²) in [4.78, 5) is 0. The van der Waals surface area contributed by atoms with Gasteiger partial charge in [0.15, 0.2) is 0 Å². The van der Waals surface area contributed by atoms with Gasteiger partial charge in [-0.2, -0.15) is 5.26 Å². The van der Waals surface area contributed by atoms with Gasteiger partial charge in [-0.1, -0.05) is 12.8 Å². The Morgan fingerprint density at radius 2 is 1.75 bits per heavy atom. The molecule has 3 nitrogen and oxygen atoms in total. The third kappa shape index (κ3) is 2.96. The Morgan fingerprint density at radius 1 is 1.19 bits per heavy atom. The molecule has 1 rings (SSSR count). The van der Waals surface area contributed by atoms with Gasteiger partial charge < -0.3 is 10.4 Å². The van der Waals surface area contributed by atoms with Crippen LogP contribution in [0.1, 0.15) is 53.4 Å². The molecule has 16 heavy (non-hydrogen) atoms. The van der Waals surface area contributed by atoms with Crippen molar-refractivity contribution in [3.05, 3.63) is 0 Å². The fraction of sp³-hybridized carbons (Fsp3) is 0.923. The first-order chi connectivity index (χ1) is 7.28. The number of aliphatic hydroxyl groups is 1. The van der Waals surface area contributed by atoms with Crippen LogP contribution >= 0.6 is 0 Å². The van der Waals surface area contributed by atoms with E-state index in [9.17, 15) is 5.11 Å². The average Bonchev–Trinajstić information content (AvgIpc) is 2.16. The van der Waals surface area contributed by atoms with Gasteiger partial charge in [0.1, 0.15) is 0 Å². The van der Waals surface area contributed by atoms with E-state index in [0.29, 0.717) is 0 Å². The van der Waals surface area contributed by atoms with E-state index in [2.05, 4.69) is 11.4 Å². The fourth-order valence-corrected chi connectivity index (χ4v) is 2.10. The zero-order valence-electron chi connectivity index (χ0n) is 10.9. The maximum atomic E-state index is 10.1. The van der Waals surface area contributed by atoms with Crippen LogP contribution in [-0.4, -0.2) is 22.3 Å². The molecule has 0 spiro atoms. The lowest BCUT2D eigenvalue weighted by Gasteiger charge is -2.43. The topological polar surface area (TPSA) is 56.0 Å². The summed E-state index contributed by atoms with van der Waals surface area (Å²) in [5.41, 5.74) is -1.16. The van der Waals surface area contributed by atoms with Crippen LogP contribution in [0.2, 0.25) is 0 Å². The number of nitrogens with zero attached hydrogens (tertiary/aromatic N) is 1. The molecule has 0 aromatic rings. The third-order valence-corrected chi connectivity index (χ3v) is 4.01. The summed E-state index contributed by atoms with van der Waals surface area (Å²) >= 11 is 0. The maximum absolute atomic E-state index is 10.1. The Balaban J connectivity index is 2.69. The van der Waals surface area contributed by atoms with Crippen molar-refractivity contribution in [3.63, 3.8) is 0 Å². The molecule has 0 bridgehead atoms. The van der Waals surface area contributed by atoms with Crippen molar-refractivity contribution in [3.8, 4) is 6.07 Å². The second-order valence-corrected chi connectivity index (χ2v) is 5.95. The molecule has 3 heteroatoms. The van der Waals surface area contributed by atoms with Crippen molar-refractivity contribution in [2.45, 2.75) is 70.6 Å². The van der Waals surface area contributed by atoms with Gasteiger partial charge in [-0.05, 0) is 40.5 Å². The second kappa shape index (κ2) is 4.73. The first kappa shape index (κ1) is 13.5. The van der Waals surface area contributed by atoms with Crippen molar-refractivity contribution in [2.24, 2.45) is 5.92 Å². The predicted octanol–water partition coefficient (Wildman–Crippen LogP) is 2.21. The highest BCUT2D eigenvalue weighted by Crippen LogP contribution is 2.28.